The molecule has 0 aliphatic heterocycles. The van der Waals surface area contributed by atoms with Gasteiger partial charge in [-0.2, -0.15) is 0 Å². The maximum absolute atomic E-state index is 5.89. The van der Waals surface area contributed by atoms with Gasteiger partial charge in [0, 0.05) is 27.7 Å². The van der Waals surface area contributed by atoms with Crippen LogP contribution in [0.3, 0.4) is 0 Å². The summed E-state index contributed by atoms with van der Waals surface area (Å²) in [6.45, 7) is 0. The molecule has 1 heterocycles. The topological polar surface area (TPSA) is 16.4 Å². The lowest BCUT2D eigenvalue weighted by Gasteiger charge is -2.29. The van der Waals surface area contributed by atoms with Crippen LogP contribution in [0.4, 0.5) is 17.1 Å². The van der Waals surface area contributed by atoms with Gasteiger partial charge in [-0.15, -0.1) is 0 Å². The molecule has 2 heteroatoms. The Labute approximate surface area is 187 Å². The Bertz CT molecular complexity index is 1410. The molecule has 0 N–H and O–H groups in total. The van der Waals surface area contributed by atoms with Crippen molar-refractivity contribution in [2.24, 2.45) is 0 Å². The van der Waals surface area contributed by atoms with Crippen molar-refractivity contribution >= 4 is 38.6 Å². The highest BCUT2D eigenvalue weighted by atomic mass is 16.3. The minimum absolute atomic E-state index is 0.884. The van der Waals surface area contributed by atoms with Crippen LogP contribution in [-0.4, -0.2) is 0 Å². The highest BCUT2D eigenvalue weighted by molar-refractivity contribution is 6.21. The molecule has 0 bridgehead atoms. The number of anilines is 3. The molecule has 152 valence electrons. The van der Waals surface area contributed by atoms with Crippen LogP contribution in [0.5, 0.6) is 0 Å². The maximum Gasteiger partial charge on any atom is 0.135 e. The number of para-hydroxylation sites is 2. The van der Waals surface area contributed by atoms with E-state index in [9.17, 15) is 0 Å². The van der Waals surface area contributed by atoms with E-state index < -0.39 is 0 Å². The van der Waals surface area contributed by atoms with Gasteiger partial charge in [0.15, 0.2) is 0 Å². The molecule has 1 aromatic heterocycles. The van der Waals surface area contributed by atoms with Gasteiger partial charge in [-0.05, 0) is 47.2 Å². The van der Waals surface area contributed by atoms with E-state index in [0.29, 0.717) is 0 Å². The van der Waals surface area contributed by atoms with Crippen molar-refractivity contribution in [2.75, 3.05) is 4.90 Å². The van der Waals surface area contributed by atoms with Gasteiger partial charge in [-0.1, -0.05) is 84.9 Å². The number of hydrogen-bond acceptors (Lipinski definition) is 2. The van der Waals surface area contributed by atoms with Gasteiger partial charge in [0.2, 0.25) is 0 Å². The maximum atomic E-state index is 5.89. The number of benzene rings is 5. The van der Waals surface area contributed by atoms with Gasteiger partial charge in [-0.25, -0.2) is 0 Å². The minimum Gasteiger partial charge on any atom is -0.464 e. The third kappa shape index (κ3) is 2.97. The molecule has 0 amide bonds. The van der Waals surface area contributed by atoms with Crippen molar-refractivity contribution in [2.45, 2.75) is 0 Å². The number of hydrogen-bond donors (Lipinski definition) is 0. The third-order valence-corrected chi connectivity index (χ3v) is 5.92. The van der Waals surface area contributed by atoms with E-state index in [0.717, 1.165) is 22.7 Å². The Hall–Kier alpha value is -4.30. The summed E-state index contributed by atoms with van der Waals surface area (Å²) in [7, 11) is 0. The average Bonchev–Trinajstić information content (AvgIpc) is 3.40. The normalized spacial score (nSPS) is 11.1. The predicted molar refractivity (Wildman–Crippen MR) is 134 cm³/mol. The Morgan fingerprint density at radius 1 is 0.438 bits per heavy atom. The van der Waals surface area contributed by atoms with Gasteiger partial charge in [0.25, 0.3) is 0 Å². The molecule has 0 saturated heterocycles. The second-order valence-electron chi connectivity index (χ2n) is 7.80. The SMILES string of the molecule is c1ccc(N(c2ccccc2)c2c3ccccc3c(-c3ccco3)c3ccccc23)cc1. The van der Waals surface area contributed by atoms with Gasteiger partial charge < -0.3 is 9.32 Å². The standard InChI is InChI=1S/C30H21NO/c1-3-12-22(13-4-1)31(23-14-5-2-6-15-23)30-26-18-9-7-16-24(26)29(28-20-11-21-32-28)25-17-8-10-19-27(25)30/h1-21H. The monoisotopic (exact) mass is 411 g/mol. The molecule has 0 radical (unpaired) electrons. The van der Waals surface area contributed by atoms with Crippen molar-refractivity contribution in [3.05, 3.63) is 128 Å². The first-order chi connectivity index (χ1) is 15.9. The van der Waals surface area contributed by atoms with Crippen LogP contribution in [0.1, 0.15) is 0 Å². The molecule has 2 nitrogen and oxygen atoms in total. The first kappa shape index (κ1) is 18.5. The number of furan rings is 1. The molecule has 0 aliphatic rings. The molecule has 32 heavy (non-hydrogen) atoms. The summed E-state index contributed by atoms with van der Waals surface area (Å²) in [4.78, 5) is 2.36. The lowest BCUT2D eigenvalue weighted by atomic mass is 9.92. The first-order valence-electron chi connectivity index (χ1n) is 10.8. The van der Waals surface area contributed by atoms with Gasteiger partial charge in [0.1, 0.15) is 5.76 Å². The van der Waals surface area contributed by atoms with E-state index >= 15 is 0 Å². The quantitative estimate of drug-likeness (QED) is 0.270. The molecular weight excluding hydrogens is 390 g/mol. The smallest absolute Gasteiger partial charge is 0.135 e. The lowest BCUT2D eigenvalue weighted by Crippen LogP contribution is -2.11. The Balaban J connectivity index is 1.79. The molecule has 5 aromatic carbocycles. The van der Waals surface area contributed by atoms with Crippen LogP contribution >= 0.6 is 0 Å². The van der Waals surface area contributed by atoms with Crippen molar-refractivity contribution in [3.63, 3.8) is 0 Å². The first-order valence-corrected chi connectivity index (χ1v) is 10.8. The third-order valence-electron chi connectivity index (χ3n) is 5.92. The second-order valence-corrected chi connectivity index (χ2v) is 7.80. The summed E-state index contributed by atoms with van der Waals surface area (Å²) in [5.74, 6) is 0.884. The molecule has 0 unspecified atom stereocenters. The molecule has 0 spiro atoms. The number of fused-ring (bicyclic) bond motifs is 2. The van der Waals surface area contributed by atoms with Gasteiger partial charge in [0.05, 0.1) is 12.0 Å². The van der Waals surface area contributed by atoms with E-state index in [1.807, 2.05) is 12.1 Å². The zero-order chi connectivity index (χ0) is 21.3. The van der Waals surface area contributed by atoms with Crippen LogP contribution in [0.15, 0.2) is 132 Å². The van der Waals surface area contributed by atoms with E-state index in [-0.39, 0.29) is 0 Å². The number of nitrogens with zero attached hydrogens (tertiary/aromatic N) is 1. The Morgan fingerprint density at radius 3 is 1.38 bits per heavy atom. The highest BCUT2D eigenvalue weighted by Gasteiger charge is 2.22. The van der Waals surface area contributed by atoms with Crippen molar-refractivity contribution in [1.29, 1.82) is 0 Å². The Morgan fingerprint density at radius 2 is 0.906 bits per heavy atom. The fourth-order valence-electron chi connectivity index (χ4n) is 4.59. The largest absolute Gasteiger partial charge is 0.464 e. The summed E-state index contributed by atoms with van der Waals surface area (Å²) < 4.78 is 5.89. The highest BCUT2D eigenvalue weighted by Crippen LogP contribution is 2.47. The zero-order valence-electron chi connectivity index (χ0n) is 17.5. The fraction of sp³-hybridized carbons (Fsp3) is 0. The van der Waals surface area contributed by atoms with Crippen molar-refractivity contribution in [1.82, 2.24) is 0 Å². The van der Waals surface area contributed by atoms with Crippen LogP contribution < -0.4 is 4.90 Å². The zero-order valence-corrected chi connectivity index (χ0v) is 17.5. The Kier molecular flexibility index (Phi) is 4.47. The van der Waals surface area contributed by atoms with Crippen LogP contribution in [0, 0.1) is 0 Å². The van der Waals surface area contributed by atoms with Crippen LogP contribution in [0.2, 0.25) is 0 Å². The summed E-state index contributed by atoms with van der Waals surface area (Å²) in [5.41, 5.74) is 4.55. The van der Waals surface area contributed by atoms with Crippen LogP contribution in [0.25, 0.3) is 32.9 Å². The summed E-state index contributed by atoms with van der Waals surface area (Å²) in [5, 5.41) is 4.72. The molecule has 0 aliphatic carbocycles. The van der Waals surface area contributed by atoms with Crippen LogP contribution in [-0.2, 0) is 0 Å². The molecule has 6 rings (SSSR count). The minimum atomic E-state index is 0.884. The molecule has 0 saturated carbocycles. The second kappa shape index (κ2) is 7.75. The fourth-order valence-corrected chi connectivity index (χ4v) is 4.59. The lowest BCUT2D eigenvalue weighted by molar-refractivity contribution is 0.583. The van der Waals surface area contributed by atoms with Crippen molar-refractivity contribution in [3.8, 4) is 11.3 Å². The molecule has 6 aromatic rings. The van der Waals surface area contributed by atoms with E-state index in [1.165, 1.54) is 27.2 Å². The average molecular weight is 412 g/mol. The summed E-state index contributed by atoms with van der Waals surface area (Å²) >= 11 is 0. The predicted octanol–water partition coefficient (Wildman–Crippen LogP) is 8.72. The van der Waals surface area contributed by atoms with E-state index in [1.54, 1.807) is 6.26 Å². The van der Waals surface area contributed by atoms with E-state index in [4.69, 9.17) is 4.42 Å². The van der Waals surface area contributed by atoms with Gasteiger partial charge >= 0.3 is 0 Å². The summed E-state index contributed by atoms with van der Waals surface area (Å²) in [6.07, 6.45) is 1.74. The number of rotatable bonds is 4. The van der Waals surface area contributed by atoms with Crippen molar-refractivity contribution < 1.29 is 4.42 Å². The molecule has 0 atom stereocenters. The van der Waals surface area contributed by atoms with Gasteiger partial charge in [-0.3, -0.25) is 0 Å². The molecule has 0 fully saturated rings. The van der Waals surface area contributed by atoms with E-state index in [2.05, 4.69) is 114 Å². The molecular formula is C30H21NO. The summed E-state index contributed by atoms with van der Waals surface area (Å²) in [6, 6.07) is 42.4.